The van der Waals surface area contributed by atoms with E-state index in [-0.39, 0.29) is 28.3 Å². The van der Waals surface area contributed by atoms with Crippen LogP contribution in [0.15, 0.2) is 12.1 Å². The number of nitrogen functional groups attached to an aromatic ring is 1. The fourth-order valence-electron chi connectivity index (χ4n) is 2.04. The number of sulfone groups is 1. The second kappa shape index (κ2) is 4.93. The van der Waals surface area contributed by atoms with E-state index < -0.39 is 15.7 Å². The summed E-state index contributed by atoms with van der Waals surface area (Å²) < 4.78 is 36.1. The molecule has 1 unspecified atom stereocenters. The molecule has 18 heavy (non-hydrogen) atoms. The molecule has 4 nitrogen and oxygen atoms in total. The Morgan fingerprint density at radius 1 is 1.44 bits per heavy atom. The van der Waals surface area contributed by atoms with Gasteiger partial charge in [0.15, 0.2) is 9.84 Å². The van der Waals surface area contributed by atoms with Gasteiger partial charge in [0.05, 0.1) is 27.9 Å². The summed E-state index contributed by atoms with van der Waals surface area (Å²) in [5.41, 5.74) is 6.36. The van der Waals surface area contributed by atoms with Gasteiger partial charge in [-0.1, -0.05) is 11.6 Å². The van der Waals surface area contributed by atoms with Gasteiger partial charge in [-0.25, -0.2) is 12.8 Å². The first kappa shape index (κ1) is 13.4. The van der Waals surface area contributed by atoms with Gasteiger partial charge in [-0.15, -0.1) is 0 Å². The molecule has 1 aromatic rings. The zero-order valence-electron chi connectivity index (χ0n) is 9.62. The highest BCUT2D eigenvalue weighted by molar-refractivity contribution is 7.91. The molecule has 1 aliphatic rings. The maximum Gasteiger partial charge on any atom is 0.152 e. The third kappa shape index (κ3) is 3.05. The molecule has 0 spiro atoms. The molecular formula is C11H14ClFN2O2S. The Kier molecular flexibility index (Phi) is 3.68. The Bertz CT molecular complexity index is 562. The number of halogens is 2. The molecule has 1 fully saturated rings. The number of rotatable bonds is 2. The van der Waals surface area contributed by atoms with Crippen LogP contribution < -0.4 is 11.1 Å². The number of anilines is 2. The standard InChI is InChI=1S/C11H14ClFN2O2S/c12-8-4-11(10(14)5-9(8)13)15-7-2-1-3-18(16,17)6-7/h4-5,7,15H,1-3,6,14H2. The van der Waals surface area contributed by atoms with Crippen LogP contribution in [0.2, 0.25) is 5.02 Å². The summed E-state index contributed by atoms with van der Waals surface area (Å²) in [5, 5.41) is 2.98. The number of benzene rings is 1. The van der Waals surface area contributed by atoms with Crippen molar-refractivity contribution in [3.8, 4) is 0 Å². The van der Waals surface area contributed by atoms with Crippen LogP contribution in [-0.4, -0.2) is 26.0 Å². The normalized spacial score (nSPS) is 22.7. The van der Waals surface area contributed by atoms with E-state index in [1.165, 1.54) is 6.07 Å². The molecule has 1 aromatic carbocycles. The maximum absolute atomic E-state index is 13.1. The average molecular weight is 293 g/mol. The van der Waals surface area contributed by atoms with Crippen LogP contribution in [0.4, 0.5) is 15.8 Å². The summed E-state index contributed by atoms with van der Waals surface area (Å²) >= 11 is 5.67. The van der Waals surface area contributed by atoms with Gasteiger partial charge in [0.1, 0.15) is 5.82 Å². The van der Waals surface area contributed by atoms with Crippen LogP contribution in [0, 0.1) is 5.82 Å². The molecule has 0 bridgehead atoms. The number of nitrogens with one attached hydrogen (secondary N) is 1. The summed E-state index contributed by atoms with van der Waals surface area (Å²) in [6, 6.07) is 2.31. The van der Waals surface area contributed by atoms with Crippen LogP contribution in [0.25, 0.3) is 0 Å². The first-order valence-electron chi connectivity index (χ1n) is 5.59. The van der Waals surface area contributed by atoms with Gasteiger partial charge in [-0.3, -0.25) is 0 Å². The summed E-state index contributed by atoms with van der Waals surface area (Å²) in [7, 11) is -2.99. The fourth-order valence-corrected chi connectivity index (χ4v) is 3.84. The van der Waals surface area contributed by atoms with E-state index in [1.807, 2.05) is 0 Å². The van der Waals surface area contributed by atoms with E-state index in [4.69, 9.17) is 17.3 Å². The van der Waals surface area contributed by atoms with Gasteiger partial charge in [-0.05, 0) is 18.9 Å². The van der Waals surface area contributed by atoms with Crippen LogP contribution in [0.5, 0.6) is 0 Å². The van der Waals surface area contributed by atoms with Crippen molar-refractivity contribution in [2.75, 3.05) is 22.6 Å². The lowest BCUT2D eigenvalue weighted by molar-refractivity contribution is 0.562. The zero-order chi connectivity index (χ0) is 13.3. The molecule has 100 valence electrons. The molecule has 1 saturated heterocycles. The minimum absolute atomic E-state index is 0.0367. The lowest BCUT2D eigenvalue weighted by Gasteiger charge is -2.24. The Hall–Kier alpha value is -1.01. The van der Waals surface area contributed by atoms with Gasteiger partial charge in [0.25, 0.3) is 0 Å². The lowest BCUT2D eigenvalue weighted by Crippen LogP contribution is -2.35. The monoisotopic (exact) mass is 292 g/mol. The maximum atomic E-state index is 13.1. The van der Waals surface area contributed by atoms with Crippen molar-refractivity contribution in [3.05, 3.63) is 23.0 Å². The third-order valence-corrected chi connectivity index (χ3v) is 5.03. The van der Waals surface area contributed by atoms with Crippen molar-refractivity contribution in [3.63, 3.8) is 0 Å². The van der Waals surface area contributed by atoms with Crippen LogP contribution in [0.1, 0.15) is 12.8 Å². The molecular weight excluding hydrogens is 279 g/mol. The van der Waals surface area contributed by atoms with Crippen LogP contribution >= 0.6 is 11.6 Å². The molecule has 0 aliphatic carbocycles. The quantitative estimate of drug-likeness (QED) is 0.818. The predicted molar refractivity (Wildman–Crippen MR) is 71.1 cm³/mol. The van der Waals surface area contributed by atoms with Crippen LogP contribution in [0.3, 0.4) is 0 Å². The van der Waals surface area contributed by atoms with Crippen molar-refractivity contribution in [2.45, 2.75) is 18.9 Å². The molecule has 1 heterocycles. The minimum atomic E-state index is -2.99. The molecule has 2 rings (SSSR count). The van der Waals surface area contributed by atoms with Gasteiger partial charge >= 0.3 is 0 Å². The molecule has 0 saturated carbocycles. The van der Waals surface area contributed by atoms with Crippen molar-refractivity contribution >= 4 is 32.8 Å². The van der Waals surface area contributed by atoms with E-state index in [0.29, 0.717) is 12.1 Å². The number of hydrogen-bond donors (Lipinski definition) is 2. The summed E-state index contributed by atoms with van der Waals surface area (Å²) in [6.45, 7) is 0. The largest absolute Gasteiger partial charge is 0.397 e. The highest BCUT2D eigenvalue weighted by Gasteiger charge is 2.25. The molecule has 0 amide bonds. The molecule has 1 atom stereocenters. The molecule has 7 heteroatoms. The predicted octanol–water partition coefficient (Wildman–Crippen LogP) is 2.05. The number of nitrogens with two attached hydrogens (primary N) is 1. The summed E-state index contributed by atoms with van der Waals surface area (Å²) in [4.78, 5) is 0. The zero-order valence-corrected chi connectivity index (χ0v) is 11.2. The van der Waals surface area contributed by atoms with E-state index >= 15 is 0 Å². The number of hydrogen-bond acceptors (Lipinski definition) is 4. The van der Waals surface area contributed by atoms with Gasteiger partial charge < -0.3 is 11.1 Å². The third-order valence-electron chi connectivity index (χ3n) is 2.92. The second-order valence-electron chi connectivity index (χ2n) is 4.45. The highest BCUT2D eigenvalue weighted by Crippen LogP contribution is 2.28. The fraction of sp³-hybridized carbons (Fsp3) is 0.455. The molecule has 3 N–H and O–H groups in total. The Morgan fingerprint density at radius 2 is 2.17 bits per heavy atom. The van der Waals surface area contributed by atoms with Gasteiger partial charge in [0.2, 0.25) is 0 Å². The van der Waals surface area contributed by atoms with Crippen molar-refractivity contribution in [1.82, 2.24) is 0 Å². The summed E-state index contributed by atoms with van der Waals surface area (Å²) in [5.74, 6) is -0.289. The topological polar surface area (TPSA) is 72.2 Å². The second-order valence-corrected chi connectivity index (χ2v) is 7.09. The van der Waals surface area contributed by atoms with Crippen molar-refractivity contribution in [2.24, 2.45) is 0 Å². The average Bonchev–Trinajstić information content (AvgIpc) is 2.24. The smallest absolute Gasteiger partial charge is 0.152 e. The van der Waals surface area contributed by atoms with Gasteiger partial charge in [-0.2, -0.15) is 0 Å². The first-order valence-corrected chi connectivity index (χ1v) is 7.79. The molecule has 0 radical (unpaired) electrons. The van der Waals surface area contributed by atoms with E-state index in [0.717, 1.165) is 12.5 Å². The lowest BCUT2D eigenvalue weighted by atomic mass is 10.1. The molecule has 1 aliphatic heterocycles. The Morgan fingerprint density at radius 3 is 2.83 bits per heavy atom. The van der Waals surface area contributed by atoms with Crippen LogP contribution in [-0.2, 0) is 9.84 Å². The van der Waals surface area contributed by atoms with Gasteiger partial charge in [0, 0.05) is 12.1 Å². The Balaban J connectivity index is 2.17. The Labute approximate surface area is 110 Å². The van der Waals surface area contributed by atoms with Crippen molar-refractivity contribution in [1.29, 1.82) is 0 Å². The van der Waals surface area contributed by atoms with Crippen molar-refractivity contribution < 1.29 is 12.8 Å². The highest BCUT2D eigenvalue weighted by atomic mass is 35.5. The molecule has 0 aromatic heterocycles. The van der Waals surface area contributed by atoms with E-state index in [9.17, 15) is 12.8 Å². The minimum Gasteiger partial charge on any atom is -0.397 e. The first-order chi connectivity index (χ1) is 8.37. The van der Waals surface area contributed by atoms with E-state index in [1.54, 1.807) is 0 Å². The SMILES string of the molecule is Nc1cc(F)c(Cl)cc1NC1CCCS(=O)(=O)C1. The summed E-state index contributed by atoms with van der Waals surface area (Å²) in [6.07, 6.45) is 1.36. The van der Waals surface area contributed by atoms with E-state index in [2.05, 4.69) is 5.32 Å².